The zero-order chi connectivity index (χ0) is 15.4. The minimum absolute atomic E-state index is 0.00747. The minimum Gasteiger partial charge on any atom is -0.484 e. The standard InChI is InChI=1S/C18H19NO3/c20-11-13-5-7-16(9-13)19-18(21)12-22-17-8-6-14-3-1-2-4-15(14)10-17/h1-8,10,13,16,20H,9,11-12H2,(H,19,21)/t13-,16+/m0/s1. The lowest BCUT2D eigenvalue weighted by atomic mass is 10.1. The zero-order valence-electron chi connectivity index (χ0n) is 12.2. The second-order valence-electron chi connectivity index (χ2n) is 5.53. The molecule has 1 amide bonds. The van der Waals surface area contributed by atoms with Gasteiger partial charge < -0.3 is 15.2 Å². The first-order valence-electron chi connectivity index (χ1n) is 7.45. The van der Waals surface area contributed by atoms with Crippen LogP contribution < -0.4 is 10.1 Å². The van der Waals surface area contributed by atoms with Gasteiger partial charge in [0.1, 0.15) is 5.75 Å². The molecule has 0 bridgehead atoms. The monoisotopic (exact) mass is 297 g/mol. The molecular formula is C18H19NO3. The Kier molecular flexibility index (Phi) is 4.39. The fraction of sp³-hybridized carbons (Fsp3) is 0.278. The lowest BCUT2D eigenvalue weighted by Crippen LogP contribution is -2.36. The predicted octanol–water partition coefficient (Wildman–Crippen LogP) is 2.27. The molecule has 2 atom stereocenters. The van der Waals surface area contributed by atoms with Crippen LogP contribution in [0.15, 0.2) is 54.6 Å². The van der Waals surface area contributed by atoms with Crippen LogP contribution in [0.1, 0.15) is 6.42 Å². The number of carbonyl (C=O) groups is 1. The lowest BCUT2D eigenvalue weighted by Gasteiger charge is -2.13. The number of aliphatic hydroxyl groups is 1. The van der Waals surface area contributed by atoms with Crippen LogP contribution in [0.3, 0.4) is 0 Å². The molecule has 2 aromatic rings. The molecule has 3 rings (SSSR count). The normalized spacial score (nSPS) is 20.2. The number of carbonyl (C=O) groups excluding carboxylic acids is 1. The first kappa shape index (κ1) is 14.6. The van der Waals surface area contributed by atoms with E-state index in [1.807, 2.05) is 54.6 Å². The van der Waals surface area contributed by atoms with Gasteiger partial charge >= 0.3 is 0 Å². The van der Waals surface area contributed by atoms with Crippen LogP contribution in [0.25, 0.3) is 10.8 Å². The summed E-state index contributed by atoms with van der Waals surface area (Å²) in [6, 6.07) is 13.8. The van der Waals surface area contributed by atoms with Gasteiger partial charge in [-0.1, -0.05) is 42.5 Å². The van der Waals surface area contributed by atoms with Crippen LogP contribution >= 0.6 is 0 Å². The summed E-state index contributed by atoms with van der Waals surface area (Å²) in [5.41, 5.74) is 0. The van der Waals surface area contributed by atoms with Gasteiger partial charge in [-0.05, 0) is 29.3 Å². The summed E-state index contributed by atoms with van der Waals surface area (Å²) in [6.45, 7) is 0.114. The maximum Gasteiger partial charge on any atom is 0.258 e. The third-order valence-electron chi connectivity index (χ3n) is 3.84. The highest BCUT2D eigenvalue weighted by molar-refractivity contribution is 5.84. The number of fused-ring (bicyclic) bond motifs is 1. The van der Waals surface area contributed by atoms with Gasteiger partial charge in [0.25, 0.3) is 5.91 Å². The molecule has 4 nitrogen and oxygen atoms in total. The number of aliphatic hydroxyl groups excluding tert-OH is 1. The van der Waals surface area contributed by atoms with Crippen LogP contribution in [-0.4, -0.2) is 30.3 Å². The Balaban J connectivity index is 1.53. The van der Waals surface area contributed by atoms with Gasteiger partial charge in [-0.2, -0.15) is 0 Å². The summed E-state index contributed by atoms with van der Waals surface area (Å²) in [7, 11) is 0. The van der Waals surface area contributed by atoms with Crippen molar-refractivity contribution in [3.05, 3.63) is 54.6 Å². The predicted molar refractivity (Wildman–Crippen MR) is 85.7 cm³/mol. The van der Waals surface area contributed by atoms with E-state index in [0.29, 0.717) is 5.75 Å². The first-order valence-corrected chi connectivity index (χ1v) is 7.45. The van der Waals surface area contributed by atoms with Gasteiger partial charge in [0.05, 0.1) is 0 Å². The second kappa shape index (κ2) is 6.62. The molecule has 0 fully saturated rings. The molecule has 0 saturated heterocycles. The number of hydrogen-bond donors (Lipinski definition) is 2. The number of hydrogen-bond acceptors (Lipinski definition) is 3. The maximum absolute atomic E-state index is 11.9. The van der Waals surface area contributed by atoms with Crippen molar-refractivity contribution >= 4 is 16.7 Å². The summed E-state index contributed by atoms with van der Waals surface area (Å²) < 4.78 is 5.55. The fourth-order valence-electron chi connectivity index (χ4n) is 2.67. The average molecular weight is 297 g/mol. The van der Waals surface area contributed by atoms with E-state index in [0.717, 1.165) is 17.2 Å². The van der Waals surface area contributed by atoms with Crippen molar-refractivity contribution in [2.24, 2.45) is 5.92 Å². The molecule has 114 valence electrons. The second-order valence-corrected chi connectivity index (χ2v) is 5.53. The van der Waals surface area contributed by atoms with Crippen LogP contribution in [0.4, 0.5) is 0 Å². The minimum atomic E-state index is -0.151. The summed E-state index contributed by atoms with van der Waals surface area (Å²) in [5.74, 6) is 0.678. The highest BCUT2D eigenvalue weighted by atomic mass is 16.5. The van der Waals surface area contributed by atoms with E-state index in [1.54, 1.807) is 0 Å². The number of nitrogens with one attached hydrogen (secondary N) is 1. The molecule has 0 unspecified atom stereocenters. The molecule has 2 N–H and O–H groups in total. The van der Waals surface area contributed by atoms with E-state index in [-0.39, 0.29) is 31.1 Å². The number of ether oxygens (including phenoxy) is 1. The van der Waals surface area contributed by atoms with Crippen molar-refractivity contribution < 1.29 is 14.6 Å². The molecule has 0 aromatic heterocycles. The van der Waals surface area contributed by atoms with Crippen molar-refractivity contribution in [3.8, 4) is 5.75 Å². The third kappa shape index (κ3) is 3.46. The van der Waals surface area contributed by atoms with Crippen LogP contribution in [0.5, 0.6) is 5.75 Å². The van der Waals surface area contributed by atoms with Crippen LogP contribution in [-0.2, 0) is 4.79 Å². The van der Waals surface area contributed by atoms with Gasteiger partial charge in [-0.3, -0.25) is 4.79 Å². The SMILES string of the molecule is O=C(COc1ccc2ccccc2c1)N[C@@H]1C=C[C@H](CO)C1. The Bertz CT molecular complexity index is 696. The van der Waals surface area contributed by atoms with Crippen molar-refractivity contribution in [1.82, 2.24) is 5.32 Å². The molecule has 0 radical (unpaired) electrons. The molecule has 0 spiro atoms. The highest BCUT2D eigenvalue weighted by Crippen LogP contribution is 2.20. The van der Waals surface area contributed by atoms with Crippen molar-refractivity contribution in [2.75, 3.05) is 13.2 Å². The van der Waals surface area contributed by atoms with Crippen LogP contribution in [0, 0.1) is 5.92 Å². The first-order chi connectivity index (χ1) is 10.7. The third-order valence-corrected chi connectivity index (χ3v) is 3.84. The Morgan fingerprint density at radius 2 is 2.00 bits per heavy atom. The largest absolute Gasteiger partial charge is 0.484 e. The van der Waals surface area contributed by atoms with E-state index in [1.165, 1.54) is 0 Å². The summed E-state index contributed by atoms with van der Waals surface area (Å²) in [4.78, 5) is 11.9. The zero-order valence-corrected chi connectivity index (χ0v) is 12.2. The summed E-state index contributed by atoms with van der Waals surface area (Å²) >= 11 is 0. The van der Waals surface area contributed by atoms with E-state index < -0.39 is 0 Å². The van der Waals surface area contributed by atoms with Gasteiger partial charge in [0.2, 0.25) is 0 Å². The van der Waals surface area contributed by atoms with Gasteiger partial charge in [-0.25, -0.2) is 0 Å². The molecule has 1 aliphatic carbocycles. The Labute approximate surface area is 129 Å². The van der Waals surface area contributed by atoms with E-state index in [9.17, 15) is 4.79 Å². The molecule has 1 aliphatic rings. The van der Waals surface area contributed by atoms with E-state index >= 15 is 0 Å². The average Bonchev–Trinajstić information content (AvgIpc) is 3.00. The molecular weight excluding hydrogens is 278 g/mol. The number of benzene rings is 2. The quantitative estimate of drug-likeness (QED) is 0.832. The molecule has 22 heavy (non-hydrogen) atoms. The van der Waals surface area contributed by atoms with Crippen molar-refractivity contribution in [2.45, 2.75) is 12.5 Å². The van der Waals surface area contributed by atoms with Crippen molar-refractivity contribution in [3.63, 3.8) is 0 Å². The molecule has 0 saturated carbocycles. The fourth-order valence-corrected chi connectivity index (χ4v) is 2.67. The topological polar surface area (TPSA) is 58.6 Å². The number of amides is 1. The van der Waals surface area contributed by atoms with Gasteiger partial charge in [-0.15, -0.1) is 0 Å². The Morgan fingerprint density at radius 1 is 1.18 bits per heavy atom. The number of rotatable bonds is 5. The Morgan fingerprint density at radius 3 is 2.77 bits per heavy atom. The van der Waals surface area contributed by atoms with Crippen molar-refractivity contribution in [1.29, 1.82) is 0 Å². The molecule has 2 aromatic carbocycles. The Hall–Kier alpha value is -2.33. The molecule has 0 heterocycles. The van der Waals surface area contributed by atoms with Crippen LogP contribution in [0.2, 0.25) is 0 Å². The molecule has 4 heteroatoms. The smallest absolute Gasteiger partial charge is 0.258 e. The lowest BCUT2D eigenvalue weighted by molar-refractivity contribution is -0.123. The summed E-state index contributed by atoms with van der Waals surface area (Å²) in [5, 5.41) is 14.2. The van der Waals surface area contributed by atoms with E-state index in [4.69, 9.17) is 9.84 Å². The van der Waals surface area contributed by atoms with E-state index in [2.05, 4.69) is 5.32 Å². The summed E-state index contributed by atoms with van der Waals surface area (Å²) in [6.07, 6.45) is 4.61. The van der Waals surface area contributed by atoms with Gasteiger partial charge in [0.15, 0.2) is 6.61 Å². The maximum atomic E-state index is 11.9. The highest BCUT2D eigenvalue weighted by Gasteiger charge is 2.19. The van der Waals surface area contributed by atoms with Gasteiger partial charge in [0, 0.05) is 18.6 Å². The molecule has 0 aliphatic heterocycles.